The summed E-state index contributed by atoms with van der Waals surface area (Å²) in [7, 11) is 0. The molecule has 1 saturated heterocycles. The molecule has 0 N–H and O–H groups in total. The molecule has 2 aromatic rings. The van der Waals surface area contributed by atoms with Crippen LogP contribution in [0, 0.1) is 11.3 Å². The third-order valence-corrected chi connectivity index (χ3v) is 4.70. The number of rotatable bonds is 7. The second-order valence-electron chi connectivity index (χ2n) is 6.84. The van der Waals surface area contributed by atoms with E-state index in [9.17, 15) is 14.9 Å². The maximum Gasteiger partial charge on any atom is 0.338 e. The summed E-state index contributed by atoms with van der Waals surface area (Å²) in [6.07, 6.45) is 3.25. The summed E-state index contributed by atoms with van der Waals surface area (Å²) in [6, 6.07) is 12.3. The standard InChI is InChI=1S/C23H24N2O5/c1-2-3-12-29-23(27)18-6-4-17(5-7-18)21-9-8-20(30-21)15-19(16-24)22(26)25-10-13-28-14-11-25/h4-9,15H,2-3,10-14H2,1H3/b19-15+. The van der Waals surface area contributed by atoms with E-state index < -0.39 is 0 Å². The van der Waals surface area contributed by atoms with Gasteiger partial charge in [-0.05, 0) is 30.7 Å². The predicted octanol–water partition coefficient (Wildman–Crippen LogP) is 3.67. The lowest BCUT2D eigenvalue weighted by Crippen LogP contribution is -2.41. The van der Waals surface area contributed by atoms with E-state index in [-0.39, 0.29) is 17.4 Å². The highest BCUT2D eigenvalue weighted by Gasteiger charge is 2.21. The van der Waals surface area contributed by atoms with Crippen LogP contribution in [0.5, 0.6) is 0 Å². The van der Waals surface area contributed by atoms with Crippen LogP contribution < -0.4 is 0 Å². The fourth-order valence-corrected chi connectivity index (χ4v) is 2.97. The second-order valence-corrected chi connectivity index (χ2v) is 6.84. The van der Waals surface area contributed by atoms with Crippen LogP contribution in [0.3, 0.4) is 0 Å². The fraction of sp³-hybridized carbons (Fsp3) is 0.348. The van der Waals surface area contributed by atoms with Crippen molar-refractivity contribution in [1.29, 1.82) is 5.26 Å². The van der Waals surface area contributed by atoms with Gasteiger partial charge in [-0.15, -0.1) is 0 Å². The zero-order valence-corrected chi connectivity index (χ0v) is 16.9. The van der Waals surface area contributed by atoms with Gasteiger partial charge in [0, 0.05) is 24.7 Å². The summed E-state index contributed by atoms with van der Waals surface area (Å²) in [4.78, 5) is 26.1. The molecule has 1 aliphatic rings. The number of ether oxygens (including phenoxy) is 2. The van der Waals surface area contributed by atoms with Crippen LogP contribution in [-0.2, 0) is 14.3 Å². The van der Waals surface area contributed by atoms with Crippen LogP contribution in [0.2, 0.25) is 0 Å². The lowest BCUT2D eigenvalue weighted by Gasteiger charge is -2.26. The van der Waals surface area contributed by atoms with Crippen LogP contribution in [0.1, 0.15) is 35.9 Å². The summed E-state index contributed by atoms with van der Waals surface area (Å²) in [6.45, 7) is 4.32. The molecule has 156 valence electrons. The molecule has 30 heavy (non-hydrogen) atoms. The van der Waals surface area contributed by atoms with Crippen LogP contribution in [-0.4, -0.2) is 49.7 Å². The largest absolute Gasteiger partial charge is 0.462 e. The molecular formula is C23H24N2O5. The van der Waals surface area contributed by atoms with Gasteiger partial charge < -0.3 is 18.8 Å². The highest BCUT2D eigenvalue weighted by atomic mass is 16.5. The Hall–Kier alpha value is -3.37. The van der Waals surface area contributed by atoms with Gasteiger partial charge in [0.25, 0.3) is 5.91 Å². The van der Waals surface area contributed by atoms with Crippen molar-refractivity contribution >= 4 is 18.0 Å². The number of esters is 1. The Morgan fingerprint density at radius 3 is 2.57 bits per heavy atom. The molecule has 3 rings (SSSR count). The van der Waals surface area contributed by atoms with Gasteiger partial charge >= 0.3 is 5.97 Å². The number of hydrogen-bond acceptors (Lipinski definition) is 6. The molecule has 7 nitrogen and oxygen atoms in total. The van der Waals surface area contributed by atoms with Gasteiger partial charge in [0.2, 0.25) is 0 Å². The minimum absolute atomic E-state index is 0.0166. The Labute approximate surface area is 175 Å². The normalized spacial score (nSPS) is 14.3. The van der Waals surface area contributed by atoms with E-state index in [1.54, 1.807) is 41.3 Å². The number of unbranched alkanes of at least 4 members (excludes halogenated alkanes) is 1. The number of nitrogens with zero attached hydrogens (tertiary/aromatic N) is 2. The zero-order chi connectivity index (χ0) is 21.3. The Balaban J connectivity index is 1.69. The average molecular weight is 408 g/mol. The number of nitriles is 1. The van der Waals surface area contributed by atoms with Crippen molar-refractivity contribution in [2.24, 2.45) is 0 Å². The molecular weight excluding hydrogens is 384 g/mol. The van der Waals surface area contributed by atoms with Crippen molar-refractivity contribution in [2.45, 2.75) is 19.8 Å². The number of amides is 1. The molecule has 1 fully saturated rings. The molecule has 1 aliphatic heterocycles. The van der Waals surface area contributed by atoms with Crippen molar-refractivity contribution in [3.8, 4) is 17.4 Å². The van der Waals surface area contributed by atoms with Crippen molar-refractivity contribution in [2.75, 3.05) is 32.9 Å². The van der Waals surface area contributed by atoms with Crippen LogP contribution in [0.4, 0.5) is 0 Å². The topological polar surface area (TPSA) is 92.8 Å². The van der Waals surface area contributed by atoms with Crippen molar-refractivity contribution in [3.05, 3.63) is 53.3 Å². The SMILES string of the molecule is CCCCOC(=O)c1ccc(-c2ccc(/C=C(\C#N)C(=O)N3CCOCC3)o2)cc1. The van der Waals surface area contributed by atoms with E-state index in [0.29, 0.717) is 50.0 Å². The second kappa shape index (κ2) is 10.4. The highest BCUT2D eigenvalue weighted by molar-refractivity contribution is 6.01. The number of carbonyl (C=O) groups excluding carboxylic acids is 2. The summed E-state index contributed by atoms with van der Waals surface area (Å²) < 4.78 is 16.2. The first kappa shape index (κ1) is 21.3. The lowest BCUT2D eigenvalue weighted by molar-refractivity contribution is -0.130. The van der Waals surface area contributed by atoms with E-state index in [4.69, 9.17) is 13.9 Å². The number of furan rings is 1. The van der Waals surface area contributed by atoms with E-state index in [1.165, 1.54) is 6.08 Å². The maximum absolute atomic E-state index is 12.5. The van der Waals surface area contributed by atoms with Crippen LogP contribution >= 0.6 is 0 Å². The number of morpholine rings is 1. The summed E-state index contributed by atoms with van der Waals surface area (Å²) in [5.74, 6) is 0.303. The molecule has 0 aliphatic carbocycles. The highest BCUT2D eigenvalue weighted by Crippen LogP contribution is 2.24. The molecule has 1 amide bonds. The molecule has 0 radical (unpaired) electrons. The summed E-state index contributed by atoms with van der Waals surface area (Å²) in [5.41, 5.74) is 1.27. The first-order valence-corrected chi connectivity index (χ1v) is 9.98. The van der Waals surface area contributed by atoms with E-state index in [1.807, 2.05) is 13.0 Å². The van der Waals surface area contributed by atoms with Crippen LogP contribution in [0.25, 0.3) is 17.4 Å². The van der Waals surface area contributed by atoms with Gasteiger partial charge in [0.15, 0.2) is 0 Å². The Morgan fingerprint density at radius 1 is 1.17 bits per heavy atom. The first-order chi connectivity index (χ1) is 14.6. The fourth-order valence-electron chi connectivity index (χ4n) is 2.97. The minimum Gasteiger partial charge on any atom is -0.462 e. The monoisotopic (exact) mass is 408 g/mol. The molecule has 0 spiro atoms. The van der Waals surface area contributed by atoms with Gasteiger partial charge in [-0.25, -0.2) is 4.79 Å². The lowest BCUT2D eigenvalue weighted by atomic mass is 10.1. The number of carbonyl (C=O) groups is 2. The molecule has 1 aromatic carbocycles. The van der Waals surface area contributed by atoms with E-state index >= 15 is 0 Å². The van der Waals surface area contributed by atoms with Gasteiger partial charge in [-0.1, -0.05) is 25.5 Å². The van der Waals surface area contributed by atoms with Gasteiger partial charge in [0.1, 0.15) is 23.2 Å². The van der Waals surface area contributed by atoms with Crippen LogP contribution in [0.15, 0.2) is 46.4 Å². The number of benzene rings is 1. The van der Waals surface area contributed by atoms with Gasteiger partial charge in [-0.3, -0.25) is 4.79 Å². The Bertz CT molecular complexity index is 947. The third-order valence-electron chi connectivity index (χ3n) is 4.70. The Morgan fingerprint density at radius 2 is 1.90 bits per heavy atom. The molecule has 7 heteroatoms. The molecule has 0 saturated carbocycles. The number of hydrogen-bond donors (Lipinski definition) is 0. The quantitative estimate of drug-likeness (QED) is 0.300. The molecule has 0 atom stereocenters. The van der Waals surface area contributed by atoms with Crippen molar-refractivity contribution in [3.63, 3.8) is 0 Å². The molecule has 1 aromatic heterocycles. The average Bonchev–Trinajstić information content (AvgIpc) is 3.26. The minimum atomic E-state index is -0.349. The smallest absolute Gasteiger partial charge is 0.338 e. The van der Waals surface area contributed by atoms with E-state index in [0.717, 1.165) is 18.4 Å². The molecule has 0 unspecified atom stereocenters. The van der Waals surface area contributed by atoms with Crippen molar-refractivity contribution < 1.29 is 23.5 Å². The predicted molar refractivity (Wildman–Crippen MR) is 110 cm³/mol. The molecule has 0 bridgehead atoms. The Kier molecular flexibility index (Phi) is 7.41. The van der Waals surface area contributed by atoms with Gasteiger partial charge in [0.05, 0.1) is 25.4 Å². The van der Waals surface area contributed by atoms with Crippen molar-refractivity contribution in [1.82, 2.24) is 4.90 Å². The third kappa shape index (κ3) is 5.37. The molecule has 2 heterocycles. The summed E-state index contributed by atoms with van der Waals surface area (Å²) in [5, 5.41) is 9.39. The maximum atomic E-state index is 12.5. The summed E-state index contributed by atoms with van der Waals surface area (Å²) >= 11 is 0. The first-order valence-electron chi connectivity index (χ1n) is 9.98. The zero-order valence-electron chi connectivity index (χ0n) is 16.9. The van der Waals surface area contributed by atoms with Gasteiger partial charge in [-0.2, -0.15) is 5.26 Å². The van der Waals surface area contributed by atoms with E-state index in [2.05, 4.69) is 0 Å².